The van der Waals surface area contributed by atoms with E-state index in [0.717, 1.165) is 49.2 Å². The van der Waals surface area contributed by atoms with Gasteiger partial charge in [-0.25, -0.2) is 0 Å². The molecule has 4 nitrogen and oxygen atoms in total. The second kappa shape index (κ2) is 8.77. The van der Waals surface area contributed by atoms with E-state index in [1.54, 1.807) is 0 Å². The van der Waals surface area contributed by atoms with E-state index in [-0.39, 0.29) is 12.3 Å². The van der Waals surface area contributed by atoms with Crippen molar-refractivity contribution in [1.82, 2.24) is 4.90 Å². The molecule has 26 heavy (non-hydrogen) atoms. The van der Waals surface area contributed by atoms with E-state index in [0.29, 0.717) is 12.2 Å². The largest absolute Gasteiger partial charge is 0.481 e. The number of piperidine rings is 1. The maximum absolute atomic E-state index is 12.6. The van der Waals surface area contributed by atoms with Crippen LogP contribution in [-0.4, -0.2) is 34.8 Å². The first kappa shape index (κ1) is 18.3. The molecule has 0 unspecified atom stereocenters. The van der Waals surface area contributed by atoms with E-state index >= 15 is 0 Å². The molecule has 1 atom stereocenters. The number of Topliss-reactive ketones (excluding diaryl/α,β-unsaturated/α-hetero) is 1. The number of likely N-dealkylation sites (tertiary alicyclic amines) is 1. The van der Waals surface area contributed by atoms with Crippen LogP contribution in [0.1, 0.15) is 29.5 Å². The monoisotopic (exact) mass is 351 g/mol. The van der Waals surface area contributed by atoms with Crippen LogP contribution in [0.25, 0.3) is 0 Å². The number of carboxylic acid groups (broad SMARTS) is 1. The third-order valence-electron chi connectivity index (χ3n) is 4.97. The van der Waals surface area contributed by atoms with Crippen molar-refractivity contribution in [2.45, 2.75) is 32.2 Å². The van der Waals surface area contributed by atoms with Crippen LogP contribution in [0.2, 0.25) is 0 Å². The predicted molar refractivity (Wildman–Crippen MR) is 101 cm³/mol. The molecule has 1 fully saturated rings. The SMILES string of the molecule is O=C(O)Cc1ccc(CN2CCC[C@H](C(=O)Cc3ccccc3)C2)cc1. The minimum absolute atomic E-state index is 0.0556. The minimum Gasteiger partial charge on any atom is -0.481 e. The van der Waals surface area contributed by atoms with E-state index in [9.17, 15) is 9.59 Å². The van der Waals surface area contributed by atoms with Gasteiger partial charge in [0.15, 0.2) is 0 Å². The van der Waals surface area contributed by atoms with Crippen LogP contribution >= 0.6 is 0 Å². The van der Waals surface area contributed by atoms with Gasteiger partial charge in [0.2, 0.25) is 0 Å². The standard InChI is InChI=1S/C22H25NO3/c24-21(13-17-5-2-1-3-6-17)20-7-4-12-23(16-20)15-19-10-8-18(9-11-19)14-22(25)26/h1-3,5-6,8-11,20H,4,7,12-16H2,(H,25,26)/t20-/m0/s1. The van der Waals surface area contributed by atoms with Gasteiger partial charge >= 0.3 is 5.97 Å². The van der Waals surface area contributed by atoms with Crippen molar-refractivity contribution in [1.29, 1.82) is 0 Å². The fourth-order valence-corrected chi connectivity index (χ4v) is 3.60. The van der Waals surface area contributed by atoms with Gasteiger partial charge in [0.1, 0.15) is 5.78 Å². The number of aliphatic carboxylic acids is 1. The number of benzene rings is 2. The van der Waals surface area contributed by atoms with Gasteiger partial charge in [0.05, 0.1) is 6.42 Å². The molecule has 1 heterocycles. The summed E-state index contributed by atoms with van der Waals surface area (Å²) in [4.78, 5) is 25.7. The Morgan fingerprint density at radius 3 is 2.27 bits per heavy atom. The van der Waals surface area contributed by atoms with E-state index in [1.807, 2.05) is 54.6 Å². The number of hydrogen-bond donors (Lipinski definition) is 1. The summed E-state index contributed by atoms with van der Waals surface area (Å²) in [5.74, 6) is -0.374. The normalized spacial score (nSPS) is 17.8. The lowest BCUT2D eigenvalue weighted by Gasteiger charge is -2.32. The Bertz CT molecular complexity index is 740. The molecule has 0 amide bonds. The smallest absolute Gasteiger partial charge is 0.307 e. The summed E-state index contributed by atoms with van der Waals surface area (Å²) in [6, 6.07) is 17.7. The summed E-state index contributed by atoms with van der Waals surface area (Å²) in [6.45, 7) is 2.62. The Kier molecular flexibility index (Phi) is 6.18. The molecule has 0 aliphatic carbocycles. The molecule has 0 spiro atoms. The molecule has 136 valence electrons. The Morgan fingerprint density at radius 1 is 0.923 bits per heavy atom. The van der Waals surface area contributed by atoms with Crippen molar-refractivity contribution in [3.05, 3.63) is 71.3 Å². The molecule has 1 saturated heterocycles. The topological polar surface area (TPSA) is 57.6 Å². The molecule has 1 N–H and O–H groups in total. The number of carbonyl (C=O) groups excluding carboxylic acids is 1. The molecule has 0 aromatic heterocycles. The second-order valence-electron chi connectivity index (χ2n) is 7.09. The quantitative estimate of drug-likeness (QED) is 0.831. The second-order valence-corrected chi connectivity index (χ2v) is 7.09. The lowest BCUT2D eigenvalue weighted by atomic mass is 9.90. The molecule has 0 radical (unpaired) electrons. The summed E-state index contributed by atoms with van der Waals surface area (Å²) in [5, 5.41) is 8.84. The summed E-state index contributed by atoms with van der Waals surface area (Å²) >= 11 is 0. The molecule has 0 saturated carbocycles. The van der Waals surface area contributed by atoms with Crippen LogP contribution in [0.3, 0.4) is 0 Å². The lowest BCUT2D eigenvalue weighted by Crippen LogP contribution is -2.38. The first-order valence-corrected chi connectivity index (χ1v) is 9.19. The molecule has 4 heteroatoms. The highest BCUT2D eigenvalue weighted by atomic mass is 16.4. The Labute approximate surface area is 154 Å². The molecule has 2 aromatic carbocycles. The van der Waals surface area contributed by atoms with Crippen LogP contribution in [0.4, 0.5) is 0 Å². The van der Waals surface area contributed by atoms with E-state index < -0.39 is 5.97 Å². The summed E-state index contributed by atoms with van der Waals surface area (Å²) < 4.78 is 0. The van der Waals surface area contributed by atoms with Crippen molar-refractivity contribution < 1.29 is 14.7 Å². The number of carbonyl (C=O) groups is 2. The van der Waals surface area contributed by atoms with Crippen molar-refractivity contribution in [2.24, 2.45) is 5.92 Å². The fraction of sp³-hybridized carbons (Fsp3) is 0.364. The first-order valence-electron chi connectivity index (χ1n) is 9.19. The number of carboxylic acids is 1. The van der Waals surface area contributed by atoms with Gasteiger partial charge in [-0.2, -0.15) is 0 Å². The number of hydrogen-bond acceptors (Lipinski definition) is 3. The van der Waals surface area contributed by atoms with E-state index in [1.165, 1.54) is 0 Å². The van der Waals surface area contributed by atoms with Crippen molar-refractivity contribution >= 4 is 11.8 Å². The van der Waals surface area contributed by atoms with Gasteiger partial charge in [-0.15, -0.1) is 0 Å². The van der Waals surface area contributed by atoms with Gasteiger partial charge in [-0.05, 0) is 36.1 Å². The lowest BCUT2D eigenvalue weighted by molar-refractivity contribution is -0.136. The highest BCUT2D eigenvalue weighted by Crippen LogP contribution is 2.21. The zero-order valence-corrected chi connectivity index (χ0v) is 14.9. The van der Waals surface area contributed by atoms with Gasteiger partial charge in [-0.1, -0.05) is 54.6 Å². The average Bonchev–Trinajstić information content (AvgIpc) is 2.64. The third kappa shape index (κ3) is 5.27. The Hall–Kier alpha value is -2.46. The fourth-order valence-electron chi connectivity index (χ4n) is 3.60. The molecule has 2 aromatic rings. The number of rotatable bonds is 7. The average molecular weight is 351 g/mol. The van der Waals surface area contributed by atoms with Crippen LogP contribution in [0.15, 0.2) is 54.6 Å². The van der Waals surface area contributed by atoms with Crippen molar-refractivity contribution in [3.63, 3.8) is 0 Å². The van der Waals surface area contributed by atoms with Crippen LogP contribution in [-0.2, 0) is 29.0 Å². The summed E-state index contributed by atoms with van der Waals surface area (Å²) in [7, 11) is 0. The molecule has 1 aliphatic heterocycles. The van der Waals surface area contributed by atoms with Gasteiger partial charge in [0.25, 0.3) is 0 Å². The minimum atomic E-state index is -0.812. The number of nitrogens with zero attached hydrogens (tertiary/aromatic N) is 1. The highest BCUT2D eigenvalue weighted by Gasteiger charge is 2.25. The summed E-state index contributed by atoms with van der Waals surface area (Å²) in [6.07, 6.45) is 2.59. The molecular formula is C22H25NO3. The zero-order chi connectivity index (χ0) is 18.4. The first-order chi connectivity index (χ1) is 12.6. The van der Waals surface area contributed by atoms with Gasteiger partial charge in [0, 0.05) is 25.4 Å². The number of ketones is 1. The molecule has 1 aliphatic rings. The maximum Gasteiger partial charge on any atom is 0.307 e. The predicted octanol–water partition coefficient (Wildman–Crippen LogP) is 3.34. The van der Waals surface area contributed by atoms with Crippen LogP contribution in [0.5, 0.6) is 0 Å². The molecular weight excluding hydrogens is 326 g/mol. The maximum atomic E-state index is 12.6. The van der Waals surface area contributed by atoms with E-state index in [4.69, 9.17) is 5.11 Å². The van der Waals surface area contributed by atoms with Crippen molar-refractivity contribution in [2.75, 3.05) is 13.1 Å². The highest BCUT2D eigenvalue weighted by molar-refractivity contribution is 5.83. The van der Waals surface area contributed by atoms with E-state index in [2.05, 4.69) is 4.90 Å². The molecule has 0 bridgehead atoms. The molecule has 3 rings (SSSR count). The Morgan fingerprint density at radius 2 is 1.58 bits per heavy atom. The van der Waals surface area contributed by atoms with Crippen LogP contribution < -0.4 is 0 Å². The van der Waals surface area contributed by atoms with Gasteiger partial charge < -0.3 is 5.11 Å². The van der Waals surface area contributed by atoms with Gasteiger partial charge in [-0.3, -0.25) is 14.5 Å². The zero-order valence-electron chi connectivity index (χ0n) is 14.9. The third-order valence-corrected chi connectivity index (χ3v) is 4.97. The summed E-state index contributed by atoms with van der Waals surface area (Å²) in [5.41, 5.74) is 3.06. The Balaban J connectivity index is 1.54. The van der Waals surface area contributed by atoms with Crippen molar-refractivity contribution in [3.8, 4) is 0 Å². The van der Waals surface area contributed by atoms with Crippen LogP contribution in [0, 0.1) is 5.92 Å².